The molecule has 0 spiro atoms. The van der Waals surface area contributed by atoms with Gasteiger partial charge in [0.1, 0.15) is 0 Å². The zero-order valence-electron chi connectivity index (χ0n) is 8.15. The summed E-state index contributed by atoms with van der Waals surface area (Å²) in [7, 11) is 0. The molecule has 0 nitrogen and oxygen atoms in total. The zero-order chi connectivity index (χ0) is 9.40. The minimum Gasteiger partial charge on any atom is -0.0818 e. The van der Waals surface area contributed by atoms with Gasteiger partial charge in [-0.1, -0.05) is 91.1 Å². The fourth-order valence-electron chi connectivity index (χ4n) is 1.17. The summed E-state index contributed by atoms with van der Waals surface area (Å²) in [5, 5.41) is 0. The second-order valence-electron chi connectivity index (χ2n) is 3.40. The number of hydrogen-bond donors (Lipinski definition) is 0. The van der Waals surface area contributed by atoms with Crippen LogP contribution in [0, 0.1) is 0 Å². The Morgan fingerprint density at radius 2 is 1.58 bits per heavy atom. The van der Waals surface area contributed by atoms with Crippen LogP contribution in [0.3, 0.4) is 0 Å². The Morgan fingerprint density at radius 3 is 2.08 bits per heavy atom. The van der Waals surface area contributed by atoms with Crippen molar-refractivity contribution < 1.29 is 0 Å². The van der Waals surface area contributed by atoms with Gasteiger partial charge in [0.15, 0.2) is 0 Å². The molecule has 0 N–H and O–H groups in total. The Bertz CT molecular complexity index is 91.8. The van der Waals surface area contributed by atoms with Gasteiger partial charge < -0.3 is 0 Å². The zero-order valence-corrected chi connectivity index (χ0v) is 12.5. The van der Waals surface area contributed by atoms with Gasteiger partial charge in [0, 0.05) is 7.85 Å². The van der Waals surface area contributed by atoms with Gasteiger partial charge in [0.25, 0.3) is 0 Å². The van der Waals surface area contributed by atoms with Gasteiger partial charge in [-0.3, -0.25) is 0 Å². The maximum atomic E-state index is 2.59. The lowest BCUT2D eigenvalue weighted by Crippen LogP contribution is -2.08. The Morgan fingerprint density at radius 1 is 1.00 bits per heavy atom. The molecule has 74 valence electrons. The van der Waals surface area contributed by atoms with Crippen LogP contribution in [0.15, 0.2) is 0 Å². The topological polar surface area (TPSA) is 0 Å². The van der Waals surface area contributed by atoms with Crippen LogP contribution in [0.1, 0.15) is 52.4 Å². The van der Waals surface area contributed by atoms with Gasteiger partial charge in [0.05, 0.1) is 0 Å². The van der Waals surface area contributed by atoms with Crippen molar-refractivity contribution >= 4 is 45.2 Å². The molecule has 0 aromatic carbocycles. The monoisotopic (exact) mass is 394 g/mol. The van der Waals surface area contributed by atoms with E-state index >= 15 is 0 Å². The van der Waals surface area contributed by atoms with Gasteiger partial charge in [-0.15, -0.1) is 0 Å². The van der Waals surface area contributed by atoms with E-state index in [0.29, 0.717) is 0 Å². The van der Waals surface area contributed by atoms with E-state index in [1.807, 2.05) is 0 Å². The van der Waals surface area contributed by atoms with E-state index in [4.69, 9.17) is 0 Å². The normalized spacial score (nSPS) is 16.0. The lowest BCUT2D eigenvalue weighted by Gasteiger charge is -2.11. The van der Waals surface area contributed by atoms with Crippen molar-refractivity contribution in [1.29, 1.82) is 0 Å². The third-order valence-corrected chi connectivity index (χ3v) is 6.03. The summed E-state index contributed by atoms with van der Waals surface area (Å²) in [5.74, 6) is 0. The Kier molecular flexibility index (Phi) is 10.1. The minimum absolute atomic E-state index is 0.828. The van der Waals surface area contributed by atoms with E-state index in [-0.39, 0.29) is 0 Å². The Balaban J connectivity index is 3.08. The summed E-state index contributed by atoms with van der Waals surface area (Å²) in [6, 6.07) is 0. The molecule has 2 heteroatoms. The largest absolute Gasteiger partial charge is 0.0818 e. The maximum absolute atomic E-state index is 2.59. The molecule has 0 rings (SSSR count). The molecule has 0 bridgehead atoms. The highest BCUT2D eigenvalue weighted by atomic mass is 127. The molecule has 0 aromatic heterocycles. The molecule has 0 heterocycles. The third-order valence-electron chi connectivity index (χ3n) is 2.08. The molecule has 0 aliphatic heterocycles. The number of unbranched alkanes of at least 4 members (excludes halogenated alkanes) is 4. The maximum Gasteiger partial charge on any atom is 0.0225 e. The molecule has 2 atom stereocenters. The first-order valence-electron chi connectivity index (χ1n) is 4.96. The highest BCUT2D eigenvalue weighted by Crippen LogP contribution is 2.21. The first kappa shape index (κ1) is 13.5. The molecule has 0 saturated carbocycles. The highest BCUT2D eigenvalue weighted by molar-refractivity contribution is 14.1. The summed E-state index contributed by atoms with van der Waals surface area (Å²) < 4.78 is 1.71. The second-order valence-corrected chi connectivity index (χ2v) is 6.96. The van der Waals surface area contributed by atoms with Crippen molar-refractivity contribution in [2.75, 3.05) is 0 Å². The predicted octanol–water partition coefficient (Wildman–Crippen LogP) is 4.97. The Labute approximate surface area is 105 Å². The summed E-state index contributed by atoms with van der Waals surface area (Å²) >= 11 is 5.11. The van der Waals surface area contributed by atoms with E-state index in [0.717, 1.165) is 7.85 Å². The van der Waals surface area contributed by atoms with E-state index in [1.165, 1.54) is 38.5 Å². The van der Waals surface area contributed by atoms with Crippen molar-refractivity contribution in [2.45, 2.75) is 60.2 Å². The van der Waals surface area contributed by atoms with E-state index < -0.39 is 0 Å². The summed E-state index contributed by atoms with van der Waals surface area (Å²) in [5.41, 5.74) is 0. The molecule has 0 radical (unpaired) electrons. The summed E-state index contributed by atoms with van der Waals surface area (Å²) in [4.78, 5) is 0. The van der Waals surface area contributed by atoms with Gasteiger partial charge >= 0.3 is 0 Å². The fraction of sp³-hybridized carbons (Fsp3) is 1.00. The molecule has 0 aliphatic carbocycles. The molecule has 0 aliphatic rings. The van der Waals surface area contributed by atoms with Crippen LogP contribution in [-0.4, -0.2) is 7.85 Å². The smallest absolute Gasteiger partial charge is 0.0225 e. The summed E-state index contributed by atoms with van der Waals surface area (Å²) in [6.45, 7) is 4.58. The number of hydrogen-bond acceptors (Lipinski definition) is 0. The lowest BCUT2D eigenvalue weighted by atomic mass is 10.1. The molecule has 12 heavy (non-hydrogen) atoms. The van der Waals surface area contributed by atoms with Crippen LogP contribution in [-0.2, 0) is 0 Å². The fourth-order valence-corrected chi connectivity index (χ4v) is 1.97. The van der Waals surface area contributed by atoms with Gasteiger partial charge in [-0.2, -0.15) is 0 Å². The highest BCUT2D eigenvalue weighted by Gasteiger charge is 2.08. The number of halogens is 2. The average molecular weight is 394 g/mol. The SMILES string of the molecule is CCCCCCCC(I)C(C)I. The van der Waals surface area contributed by atoms with Crippen LogP contribution in [0.5, 0.6) is 0 Å². The van der Waals surface area contributed by atoms with E-state index in [1.54, 1.807) is 0 Å². The standard InChI is InChI=1S/C10H20I2/c1-3-4-5-6-7-8-10(12)9(2)11/h9-10H,3-8H2,1-2H3. The van der Waals surface area contributed by atoms with E-state index in [9.17, 15) is 0 Å². The van der Waals surface area contributed by atoms with Crippen LogP contribution < -0.4 is 0 Å². The Hall–Kier alpha value is 1.46. The molecule has 0 fully saturated rings. The van der Waals surface area contributed by atoms with Crippen LogP contribution in [0.4, 0.5) is 0 Å². The van der Waals surface area contributed by atoms with Gasteiger partial charge in [-0.25, -0.2) is 0 Å². The quantitative estimate of drug-likeness (QED) is 0.325. The van der Waals surface area contributed by atoms with Crippen LogP contribution in [0.2, 0.25) is 0 Å². The van der Waals surface area contributed by atoms with Crippen molar-refractivity contribution in [3.63, 3.8) is 0 Å². The van der Waals surface area contributed by atoms with E-state index in [2.05, 4.69) is 59.0 Å². The van der Waals surface area contributed by atoms with Crippen molar-refractivity contribution in [2.24, 2.45) is 0 Å². The first-order valence-corrected chi connectivity index (χ1v) is 7.45. The lowest BCUT2D eigenvalue weighted by molar-refractivity contribution is 0.604. The third kappa shape index (κ3) is 8.08. The molecule has 0 aromatic rings. The summed E-state index contributed by atoms with van der Waals surface area (Å²) in [6.07, 6.45) is 8.50. The number of rotatable bonds is 7. The molecule has 0 saturated heterocycles. The van der Waals surface area contributed by atoms with Crippen molar-refractivity contribution in [3.05, 3.63) is 0 Å². The van der Waals surface area contributed by atoms with Crippen molar-refractivity contribution in [1.82, 2.24) is 0 Å². The molecular weight excluding hydrogens is 374 g/mol. The molecule has 2 unspecified atom stereocenters. The first-order chi connectivity index (χ1) is 5.68. The molecular formula is C10H20I2. The van der Waals surface area contributed by atoms with Crippen LogP contribution in [0.25, 0.3) is 0 Å². The average Bonchev–Trinajstić information content (AvgIpc) is 2.03. The van der Waals surface area contributed by atoms with Crippen molar-refractivity contribution in [3.8, 4) is 0 Å². The van der Waals surface area contributed by atoms with Crippen LogP contribution >= 0.6 is 45.2 Å². The van der Waals surface area contributed by atoms with Gasteiger partial charge in [-0.05, 0) is 6.42 Å². The second kappa shape index (κ2) is 9.03. The molecule has 0 amide bonds. The predicted molar refractivity (Wildman–Crippen MR) is 74.7 cm³/mol. The number of alkyl halides is 2. The van der Waals surface area contributed by atoms with Gasteiger partial charge in [0.2, 0.25) is 0 Å². The minimum atomic E-state index is 0.828.